The maximum absolute atomic E-state index is 12.7. The smallest absolute Gasteiger partial charge is 0.263 e. The molecule has 10 heteroatoms. The van der Waals surface area contributed by atoms with Gasteiger partial charge in [0.2, 0.25) is 0 Å². The van der Waals surface area contributed by atoms with Crippen LogP contribution in [0.1, 0.15) is 38.4 Å². The molecule has 0 aromatic heterocycles. The zero-order valence-corrected chi connectivity index (χ0v) is 17.0. The Morgan fingerprint density at radius 1 is 1.33 bits per heavy atom. The zero-order valence-electron chi connectivity index (χ0n) is 15.5. The number of benzene rings is 1. The maximum Gasteiger partial charge on any atom is 0.263 e. The van der Waals surface area contributed by atoms with Gasteiger partial charge in [-0.2, -0.15) is 0 Å². The van der Waals surface area contributed by atoms with Gasteiger partial charge in [-0.05, 0) is 31.5 Å². The molecule has 3 rings (SSSR count). The Kier molecular flexibility index (Phi) is 5.97. The van der Waals surface area contributed by atoms with Crippen molar-refractivity contribution in [1.82, 2.24) is 21.1 Å². The number of hydrogen-bond acceptors (Lipinski definition) is 7. The number of carbonyl (C=O) groups excluding carboxylic acids is 1. The highest BCUT2D eigenvalue weighted by molar-refractivity contribution is 8.13. The van der Waals surface area contributed by atoms with E-state index in [4.69, 9.17) is 15.4 Å². The molecule has 0 aliphatic carbocycles. The van der Waals surface area contributed by atoms with Gasteiger partial charge in [-0.15, -0.1) is 0 Å². The third kappa shape index (κ3) is 4.07. The minimum atomic E-state index is -3.91. The van der Waals surface area contributed by atoms with Crippen LogP contribution in [0.3, 0.4) is 0 Å². The van der Waals surface area contributed by atoms with Crippen LogP contribution < -0.4 is 20.8 Å². The normalized spacial score (nSPS) is 28.7. The monoisotopic (exact) mass is 415 g/mol. The quantitative estimate of drug-likeness (QED) is 0.671. The first-order valence-corrected chi connectivity index (χ1v) is 11.3. The Balaban J connectivity index is 1.97. The first-order chi connectivity index (χ1) is 12.8. The molecule has 1 aromatic carbocycles. The fourth-order valence-corrected chi connectivity index (χ4v) is 4.51. The number of nitrogens with zero attached hydrogens (tertiary/aromatic N) is 2. The minimum Gasteiger partial charge on any atom is -0.493 e. The summed E-state index contributed by atoms with van der Waals surface area (Å²) in [5.74, 6) is 0.222. The van der Waals surface area contributed by atoms with Gasteiger partial charge < -0.3 is 4.74 Å². The van der Waals surface area contributed by atoms with Crippen LogP contribution in [-0.2, 0) is 13.8 Å². The summed E-state index contributed by atoms with van der Waals surface area (Å²) in [5.41, 5.74) is 3.80. The highest BCUT2D eigenvalue weighted by Gasteiger charge is 2.49. The van der Waals surface area contributed by atoms with Crippen LogP contribution in [0.4, 0.5) is 0 Å². The van der Waals surface area contributed by atoms with Gasteiger partial charge in [0, 0.05) is 29.3 Å². The molecule has 1 amide bonds. The lowest BCUT2D eigenvalue weighted by Gasteiger charge is -2.35. The zero-order chi connectivity index (χ0) is 19.8. The van der Waals surface area contributed by atoms with Crippen LogP contribution in [0, 0.1) is 0 Å². The standard InChI is InChI=1S/C17H24ClN4O4S/c1-4-6-12-14-15(22(3)21-12)17(23)20-16(19-14)11-9-10(27(18,24)25)7-8-13(11)26-5-2/h7-9,12,14-16,19,21H,4-6H2,1-3H3. The van der Waals surface area contributed by atoms with Gasteiger partial charge in [-0.3, -0.25) is 10.1 Å². The van der Waals surface area contributed by atoms with Crippen LogP contribution in [0.5, 0.6) is 5.75 Å². The van der Waals surface area contributed by atoms with E-state index < -0.39 is 21.3 Å². The van der Waals surface area contributed by atoms with Crippen LogP contribution in [0.25, 0.3) is 0 Å². The highest BCUT2D eigenvalue weighted by atomic mass is 35.7. The predicted molar refractivity (Wildman–Crippen MR) is 101 cm³/mol. The second kappa shape index (κ2) is 7.92. The van der Waals surface area contributed by atoms with Crippen LogP contribution in [-0.4, -0.2) is 51.1 Å². The number of hydrogen-bond donors (Lipinski definition) is 2. The number of rotatable bonds is 6. The van der Waals surface area contributed by atoms with E-state index in [0.717, 1.165) is 12.8 Å². The van der Waals surface area contributed by atoms with Crippen molar-refractivity contribution in [2.45, 2.75) is 55.9 Å². The van der Waals surface area contributed by atoms with Crippen molar-refractivity contribution in [1.29, 1.82) is 0 Å². The van der Waals surface area contributed by atoms with E-state index in [1.54, 1.807) is 11.1 Å². The number of fused-ring (bicyclic) bond motifs is 1. The van der Waals surface area contributed by atoms with Crippen LogP contribution >= 0.6 is 10.7 Å². The van der Waals surface area contributed by atoms with E-state index in [0.29, 0.717) is 17.9 Å². The molecule has 0 spiro atoms. The lowest BCUT2D eigenvalue weighted by atomic mass is 9.94. The lowest BCUT2D eigenvalue weighted by Crippen LogP contribution is -2.60. The van der Waals surface area contributed by atoms with E-state index >= 15 is 0 Å². The summed E-state index contributed by atoms with van der Waals surface area (Å²) >= 11 is 0. The molecule has 1 radical (unpaired) electrons. The Bertz CT molecular complexity index is 819. The molecule has 2 fully saturated rings. The third-order valence-electron chi connectivity index (χ3n) is 4.88. The number of carbonyl (C=O) groups is 1. The molecular weight excluding hydrogens is 392 g/mol. The predicted octanol–water partition coefficient (Wildman–Crippen LogP) is 1.10. The van der Waals surface area contributed by atoms with Crippen molar-refractivity contribution in [3.8, 4) is 5.75 Å². The highest BCUT2D eigenvalue weighted by Crippen LogP contribution is 2.33. The summed E-state index contributed by atoms with van der Waals surface area (Å²) < 4.78 is 29.1. The molecule has 2 saturated heterocycles. The van der Waals surface area contributed by atoms with Gasteiger partial charge in [-0.25, -0.2) is 24.2 Å². The fourth-order valence-electron chi connectivity index (χ4n) is 3.73. The first-order valence-electron chi connectivity index (χ1n) is 8.97. The molecule has 2 N–H and O–H groups in total. The molecular formula is C17H24ClN4O4S. The Hall–Kier alpha value is -1.39. The van der Waals surface area contributed by atoms with Gasteiger partial charge in [-0.1, -0.05) is 13.3 Å². The summed E-state index contributed by atoms with van der Waals surface area (Å²) in [6.07, 6.45) is 1.16. The van der Waals surface area contributed by atoms with Gasteiger partial charge in [0.1, 0.15) is 18.0 Å². The molecule has 1 aromatic rings. The summed E-state index contributed by atoms with van der Waals surface area (Å²) in [5, 5.41) is 9.45. The van der Waals surface area contributed by atoms with E-state index in [-0.39, 0.29) is 22.9 Å². The van der Waals surface area contributed by atoms with Crippen molar-refractivity contribution in [2.24, 2.45) is 0 Å². The van der Waals surface area contributed by atoms with Crippen molar-refractivity contribution < 1.29 is 17.9 Å². The molecule has 2 aliphatic heterocycles. The number of amides is 1. The summed E-state index contributed by atoms with van der Waals surface area (Å²) in [6.45, 7) is 4.31. The molecule has 0 saturated carbocycles. The van der Waals surface area contributed by atoms with E-state index in [1.807, 2.05) is 14.0 Å². The Labute approximate surface area is 164 Å². The van der Waals surface area contributed by atoms with E-state index in [9.17, 15) is 13.2 Å². The first kappa shape index (κ1) is 20.3. The number of nitrogens with one attached hydrogen (secondary N) is 2. The molecule has 0 bridgehead atoms. The SMILES string of the molecule is CCCC1NN(C)C2C(=O)[N]C(c3cc(S(=O)(=O)Cl)ccc3OCC)NC12. The number of ether oxygens (including phenoxy) is 1. The van der Waals surface area contributed by atoms with Crippen molar-refractivity contribution in [3.63, 3.8) is 0 Å². The molecule has 4 unspecified atom stereocenters. The minimum absolute atomic E-state index is 0.0547. The van der Waals surface area contributed by atoms with E-state index in [2.05, 4.69) is 23.0 Å². The van der Waals surface area contributed by atoms with Gasteiger partial charge >= 0.3 is 0 Å². The molecule has 2 heterocycles. The van der Waals surface area contributed by atoms with Crippen molar-refractivity contribution >= 4 is 25.6 Å². The Morgan fingerprint density at radius 2 is 2.07 bits per heavy atom. The average Bonchev–Trinajstić information content (AvgIpc) is 2.91. The number of hydrazine groups is 1. The van der Waals surface area contributed by atoms with E-state index in [1.165, 1.54) is 12.1 Å². The van der Waals surface area contributed by atoms with Gasteiger partial charge in [0.25, 0.3) is 15.0 Å². The average molecular weight is 416 g/mol. The summed E-state index contributed by atoms with van der Waals surface area (Å²) in [6, 6.07) is 3.90. The number of halogens is 1. The lowest BCUT2D eigenvalue weighted by molar-refractivity contribution is -0.129. The topological polar surface area (TPSA) is 102 Å². The maximum atomic E-state index is 12.7. The second-order valence-electron chi connectivity index (χ2n) is 6.71. The third-order valence-corrected chi connectivity index (χ3v) is 6.23. The molecule has 4 atom stereocenters. The van der Waals surface area contributed by atoms with Crippen molar-refractivity contribution in [3.05, 3.63) is 23.8 Å². The van der Waals surface area contributed by atoms with Crippen LogP contribution in [0.15, 0.2) is 23.1 Å². The van der Waals surface area contributed by atoms with Crippen LogP contribution in [0.2, 0.25) is 0 Å². The molecule has 149 valence electrons. The largest absolute Gasteiger partial charge is 0.493 e. The van der Waals surface area contributed by atoms with Gasteiger partial charge in [0.15, 0.2) is 0 Å². The summed E-state index contributed by atoms with van der Waals surface area (Å²) in [4.78, 5) is 12.6. The second-order valence-corrected chi connectivity index (χ2v) is 9.28. The molecule has 2 aliphatic rings. The number of likely N-dealkylation sites (N-methyl/N-ethyl adjacent to an activating group) is 1. The molecule has 8 nitrogen and oxygen atoms in total. The molecule has 27 heavy (non-hydrogen) atoms. The Morgan fingerprint density at radius 3 is 2.70 bits per heavy atom. The van der Waals surface area contributed by atoms with Gasteiger partial charge in [0.05, 0.1) is 17.5 Å². The fraction of sp³-hybridized carbons (Fsp3) is 0.588. The van der Waals surface area contributed by atoms with Crippen molar-refractivity contribution in [2.75, 3.05) is 13.7 Å². The summed E-state index contributed by atoms with van der Waals surface area (Å²) in [7, 11) is 3.41.